The summed E-state index contributed by atoms with van der Waals surface area (Å²) in [6.07, 6.45) is -3.42. The molecule has 0 bridgehead atoms. The zero-order valence-electron chi connectivity index (χ0n) is 20.4. The van der Waals surface area contributed by atoms with Gasteiger partial charge in [-0.2, -0.15) is 24.9 Å². The summed E-state index contributed by atoms with van der Waals surface area (Å²) in [5, 5.41) is 13.0. The minimum absolute atomic E-state index is 0.290. The first kappa shape index (κ1) is 26.4. The Labute approximate surface area is 221 Å². The highest BCUT2D eigenvalue weighted by atomic mass is 32.2. The first-order valence-corrected chi connectivity index (χ1v) is 13.5. The molecule has 1 saturated heterocycles. The molecule has 1 aromatic heterocycles. The summed E-state index contributed by atoms with van der Waals surface area (Å²) in [6.45, 7) is 1.86. The monoisotopic (exact) mass is 548 g/mol. The highest BCUT2D eigenvalue weighted by Crippen LogP contribution is 2.43. The van der Waals surface area contributed by atoms with E-state index in [4.69, 9.17) is 14.0 Å². The number of nitrogens with zero attached hydrogens (tertiary/aromatic N) is 2. The van der Waals surface area contributed by atoms with E-state index in [-0.39, 0.29) is 12.5 Å². The van der Waals surface area contributed by atoms with E-state index in [9.17, 15) is 23.1 Å². The van der Waals surface area contributed by atoms with Crippen molar-refractivity contribution in [1.29, 1.82) is 0 Å². The van der Waals surface area contributed by atoms with Crippen molar-refractivity contribution < 1.29 is 37.1 Å². The third kappa shape index (κ3) is 6.10. The lowest BCUT2D eigenvalue weighted by Gasteiger charge is -2.28. The number of hydrogen-bond donors (Lipinski definition) is 1. The van der Waals surface area contributed by atoms with Gasteiger partial charge in [-0.15, -0.1) is 0 Å². The molecular formula is C27H27F3N2O5S. The Morgan fingerprint density at radius 1 is 1.13 bits per heavy atom. The van der Waals surface area contributed by atoms with Crippen LogP contribution in [0, 0.1) is 0 Å². The van der Waals surface area contributed by atoms with Gasteiger partial charge in [-0.05, 0) is 59.9 Å². The molecule has 2 aromatic carbocycles. The fourth-order valence-electron chi connectivity index (χ4n) is 4.97. The second-order valence-electron chi connectivity index (χ2n) is 9.29. The van der Waals surface area contributed by atoms with Gasteiger partial charge < -0.3 is 19.1 Å². The number of halogens is 3. The second-order valence-corrected chi connectivity index (χ2v) is 10.5. The van der Waals surface area contributed by atoms with E-state index in [2.05, 4.69) is 10.1 Å². The lowest BCUT2D eigenvalue weighted by molar-refractivity contribution is -0.139. The molecule has 11 heteroatoms. The van der Waals surface area contributed by atoms with E-state index in [1.165, 1.54) is 12.3 Å². The molecule has 0 amide bonds. The Balaban J connectivity index is 1.32. The molecule has 1 aliphatic heterocycles. The predicted octanol–water partition coefficient (Wildman–Crippen LogP) is 5.90. The number of carboxylic acid groups (broad SMARTS) is 1. The fraction of sp³-hybridized carbons (Fsp3) is 0.407. The zero-order valence-corrected chi connectivity index (χ0v) is 21.3. The van der Waals surface area contributed by atoms with Crippen LogP contribution in [-0.2, 0) is 23.9 Å². The van der Waals surface area contributed by atoms with Crippen molar-refractivity contribution in [3.63, 3.8) is 0 Å². The highest BCUT2D eigenvalue weighted by Gasteiger charge is 2.38. The van der Waals surface area contributed by atoms with Gasteiger partial charge in [0.2, 0.25) is 0 Å². The quantitative estimate of drug-likeness (QED) is 0.354. The molecule has 0 unspecified atom stereocenters. The van der Waals surface area contributed by atoms with Crippen molar-refractivity contribution in [3.8, 4) is 11.5 Å². The summed E-state index contributed by atoms with van der Waals surface area (Å²) in [5.41, 5.74) is 1.72. The van der Waals surface area contributed by atoms with Crippen LogP contribution in [0.15, 0.2) is 53.3 Å². The van der Waals surface area contributed by atoms with E-state index < -0.39 is 23.8 Å². The molecule has 1 fully saturated rings. The van der Waals surface area contributed by atoms with Crippen LogP contribution in [0.25, 0.3) is 0 Å². The molecule has 5 rings (SSSR count). The minimum atomic E-state index is -4.41. The lowest BCUT2D eigenvalue weighted by atomic mass is 9.96. The normalized spacial score (nSPS) is 18.7. The third-order valence-electron chi connectivity index (χ3n) is 6.79. The molecule has 1 aliphatic carbocycles. The maximum atomic E-state index is 13.9. The summed E-state index contributed by atoms with van der Waals surface area (Å²) in [4.78, 5) is 13.3. The van der Waals surface area contributed by atoms with Gasteiger partial charge in [-0.1, -0.05) is 11.2 Å². The van der Waals surface area contributed by atoms with Crippen molar-refractivity contribution in [2.45, 2.75) is 44.2 Å². The molecule has 0 saturated carbocycles. The van der Waals surface area contributed by atoms with Crippen LogP contribution in [0.1, 0.15) is 53.0 Å². The van der Waals surface area contributed by atoms with E-state index in [0.717, 1.165) is 35.7 Å². The van der Waals surface area contributed by atoms with Gasteiger partial charge in [-0.3, -0.25) is 9.69 Å². The van der Waals surface area contributed by atoms with E-state index in [0.29, 0.717) is 42.1 Å². The first-order chi connectivity index (χ1) is 18.3. The predicted molar refractivity (Wildman–Crippen MR) is 134 cm³/mol. The molecule has 3 aromatic rings. The molecule has 2 aliphatic rings. The number of alkyl halides is 3. The van der Waals surface area contributed by atoms with Gasteiger partial charge in [0.05, 0.1) is 12.0 Å². The standard InChI is InChI=1S/C27H27F3N2O5S/c28-27(29,30)22-7-5-20-19(21(22)16-32-10-13-38-14-11-32)6-8-24(20)36-17-1-3-18(4-2-17)37-25(15-26(33)34)23-9-12-35-31-23/h1-5,7,9,12,24-25H,6,8,10-11,13-16H2,(H,33,34)/t24-,25+/m1/s1. The molecule has 202 valence electrons. The summed E-state index contributed by atoms with van der Waals surface area (Å²) in [6, 6.07) is 11.0. The van der Waals surface area contributed by atoms with E-state index >= 15 is 0 Å². The molecule has 38 heavy (non-hydrogen) atoms. The Kier molecular flexibility index (Phi) is 7.85. The SMILES string of the molecule is O=C(O)C[C@H](Oc1ccc(O[C@@H]2CCc3c2ccc(C(F)(F)F)c3CN2CCSCC2)cc1)c1ccon1. The molecule has 0 spiro atoms. The number of thioether (sulfide) groups is 1. The molecule has 1 N–H and O–H groups in total. The summed E-state index contributed by atoms with van der Waals surface area (Å²) < 4.78 is 58.5. The van der Waals surface area contributed by atoms with E-state index in [1.807, 2.05) is 11.8 Å². The van der Waals surface area contributed by atoms with Crippen LogP contribution in [0.2, 0.25) is 0 Å². The number of benzene rings is 2. The lowest BCUT2D eigenvalue weighted by Crippen LogP contribution is -2.33. The number of aromatic nitrogens is 1. The highest BCUT2D eigenvalue weighted by molar-refractivity contribution is 7.99. The zero-order chi connectivity index (χ0) is 26.7. The van der Waals surface area contributed by atoms with Gasteiger partial charge in [0.15, 0.2) is 6.10 Å². The average Bonchev–Trinajstić information content (AvgIpc) is 3.56. The number of ether oxygens (including phenoxy) is 2. The Morgan fingerprint density at radius 2 is 1.87 bits per heavy atom. The summed E-state index contributed by atoms with van der Waals surface area (Å²) in [7, 11) is 0. The maximum Gasteiger partial charge on any atom is 0.416 e. The number of carboxylic acids is 1. The van der Waals surface area contributed by atoms with Crippen LogP contribution in [0.5, 0.6) is 11.5 Å². The molecule has 2 atom stereocenters. The van der Waals surface area contributed by atoms with Crippen LogP contribution in [0.4, 0.5) is 13.2 Å². The Morgan fingerprint density at radius 3 is 2.53 bits per heavy atom. The first-order valence-electron chi connectivity index (χ1n) is 12.4. The summed E-state index contributed by atoms with van der Waals surface area (Å²) >= 11 is 1.83. The largest absolute Gasteiger partial charge is 0.486 e. The van der Waals surface area contributed by atoms with E-state index in [1.54, 1.807) is 36.4 Å². The second kappa shape index (κ2) is 11.3. The Bertz CT molecular complexity index is 1240. The van der Waals surface area contributed by atoms with Crippen molar-refractivity contribution in [2.24, 2.45) is 0 Å². The average molecular weight is 549 g/mol. The van der Waals surface area contributed by atoms with Crippen LogP contribution < -0.4 is 9.47 Å². The number of hydrogen-bond acceptors (Lipinski definition) is 7. The van der Waals surface area contributed by atoms with Gasteiger partial charge in [0, 0.05) is 37.2 Å². The third-order valence-corrected chi connectivity index (χ3v) is 7.73. The van der Waals surface area contributed by atoms with Crippen molar-refractivity contribution in [3.05, 3.63) is 76.7 Å². The number of fused-ring (bicyclic) bond motifs is 1. The van der Waals surface area contributed by atoms with Crippen LogP contribution in [0.3, 0.4) is 0 Å². The number of aliphatic carboxylic acids is 1. The van der Waals surface area contributed by atoms with Crippen molar-refractivity contribution in [2.75, 3.05) is 24.6 Å². The Hall–Kier alpha value is -3.18. The molecular weight excluding hydrogens is 521 g/mol. The van der Waals surface area contributed by atoms with Gasteiger partial charge in [0.1, 0.15) is 29.6 Å². The molecule has 7 nitrogen and oxygen atoms in total. The van der Waals surface area contributed by atoms with Gasteiger partial charge >= 0.3 is 12.1 Å². The van der Waals surface area contributed by atoms with Crippen molar-refractivity contribution >= 4 is 17.7 Å². The smallest absolute Gasteiger partial charge is 0.416 e. The molecule has 0 radical (unpaired) electrons. The van der Waals surface area contributed by atoms with Crippen LogP contribution in [-0.4, -0.2) is 45.7 Å². The molecule has 2 heterocycles. The van der Waals surface area contributed by atoms with Gasteiger partial charge in [-0.25, -0.2) is 0 Å². The van der Waals surface area contributed by atoms with Crippen LogP contribution >= 0.6 is 11.8 Å². The van der Waals surface area contributed by atoms with Crippen molar-refractivity contribution in [1.82, 2.24) is 10.1 Å². The summed E-state index contributed by atoms with van der Waals surface area (Å²) in [5.74, 6) is 1.79. The minimum Gasteiger partial charge on any atom is -0.486 e. The topological polar surface area (TPSA) is 85.0 Å². The number of carbonyl (C=O) groups is 1. The number of rotatable bonds is 9. The van der Waals surface area contributed by atoms with Gasteiger partial charge in [0.25, 0.3) is 0 Å². The fourth-order valence-corrected chi connectivity index (χ4v) is 5.95. The maximum absolute atomic E-state index is 13.9.